The van der Waals surface area contributed by atoms with E-state index in [4.69, 9.17) is 17.3 Å². The van der Waals surface area contributed by atoms with Crippen molar-refractivity contribution in [1.29, 1.82) is 0 Å². The van der Waals surface area contributed by atoms with Gasteiger partial charge in [-0.1, -0.05) is 23.7 Å². The van der Waals surface area contributed by atoms with E-state index in [2.05, 4.69) is 4.98 Å². The molecule has 2 N–H and O–H groups in total. The molecule has 0 fully saturated rings. The summed E-state index contributed by atoms with van der Waals surface area (Å²) in [5, 5.41) is 1.77. The molecule has 14 heavy (non-hydrogen) atoms. The van der Waals surface area contributed by atoms with E-state index in [-0.39, 0.29) is 0 Å². The van der Waals surface area contributed by atoms with Gasteiger partial charge in [0.2, 0.25) is 0 Å². The molecule has 72 valence electrons. The van der Waals surface area contributed by atoms with E-state index in [0.717, 1.165) is 22.2 Å². The third kappa shape index (κ3) is 1.47. The SMILES string of the molecule is Cc1cc(CN)nc2c(Cl)cccc12. The van der Waals surface area contributed by atoms with Crippen LogP contribution in [0.15, 0.2) is 24.3 Å². The smallest absolute Gasteiger partial charge is 0.0894 e. The molecule has 3 heteroatoms. The zero-order valence-corrected chi connectivity index (χ0v) is 8.67. The summed E-state index contributed by atoms with van der Waals surface area (Å²) in [5.74, 6) is 0. The maximum absolute atomic E-state index is 6.05. The molecule has 0 unspecified atom stereocenters. The number of benzene rings is 1. The minimum absolute atomic E-state index is 0.446. The van der Waals surface area contributed by atoms with E-state index < -0.39 is 0 Å². The Kier molecular flexibility index (Phi) is 2.40. The predicted octanol–water partition coefficient (Wildman–Crippen LogP) is 2.66. The van der Waals surface area contributed by atoms with Crippen LogP contribution in [0.2, 0.25) is 5.02 Å². The largest absolute Gasteiger partial charge is 0.325 e. The molecule has 0 amide bonds. The highest BCUT2D eigenvalue weighted by molar-refractivity contribution is 6.35. The maximum atomic E-state index is 6.05. The minimum atomic E-state index is 0.446. The second kappa shape index (κ2) is 3.56. The molecule has 2 rings (SSSR count). The molecule has 1 heterocycles. The minimum Gasteiger partial charge on any atom is -0.325 e. The Morgan fingerprint density at radius 1 is 1.43 bits per heavy atom. The Balaban J connectivity index is 2.83. The lowest BCUT2D eigenvalue weighted by Crippen LogP contribution is -2.00. The Bertz CT molecular complexity index is 480. The van der Waals surface area contributed by atoms with Crippen LogP contribution in [-0.4, -0.2) is 4.98 Å². The van der Waals surface area contributed by atoms with Gasteiger partial charge in [0.15, 0.2) is 0 Å². The fraction of sp³-hybridized carbons (Fsp3) is 0.182. The molecule has 2 nitrogen and oxygen atoms in total. The fourth-order valence-electron chi connectivity index (χ4n) is 1.56. The topological polar surface area (TPSA) is 38.9 Å². The van der Waals surface area contributed by atoms with Gasteiger partial charge in [-0.2, -0.15) is 0 Å². The van der Waals surface area contributed by atoms with Crippen LogP contribution < -0.4 is 5.73 Å². The van der Waals surface area contributed by atoms with Crippen molar-refractivity contribution in [3.8, 4) is 0 Å². The predicted molar refractivity (Wildman–Crippen MR) is 59.4 cm³/mol. The molecular formula is C11H11ClN2. The van der Waals surface area contributed by atoms with E-state index in [1.54, 1.807) is 0 Å². The summed E-state index contributed by atoms with van der Waals surface area (Å²) in [6.45, 7) is 2.49. The van der Waals surface area contributed by atoms with Gasteiger partial charge in [0.25, 0.3) is 0 Å². The average Bonchev–Trinajstić information content (AvgIpc) is 2.19. The van der Waals surface area contributed by atoms with E-state index in [1.165, 1.54) is 0 Å². The first kappa shape index (κ1) is 9.44. The Labute approximate surface area is 87.7 Å². The van der Waals surface area contributed by atoms with Crippen LogP contribution in [0.1, 0.15) is 11.3 Å². The second-order valence-electron chi connectivity index (χ2n) is 3.27. The monoisotopic (exact) mass is 206 g/mol. The summed E-state index contributed by atoms with van der Waals surface area (Å²) in [6, 6.07) is 7.79. The number of hydrogen-bond acceptors (Lipinski definition) is 2. The maximum Gasteiger partial charge on any atom is 0.0894 e. The zero-order valence-electron chi connectivity index (χ0n) is 7.92. The number of para-hydroxylation sites is 1. The van der Waals surface area contributed by atoms with Crippen molar-refractivity contribution in [2.45, 2.75) is 13.5 Å². The molecule has 0 aliphatic rings. The first-order valence-corrected chi connectivity index (χ1v) is 4.85. The van der Waals surface area contributed by atoms with Crippen LogP contribution in [0.3, 0.4) is 0 Å². The van der Waals surface area contributed by atoms with Gasteiger partial charge in [0.1, 0.15) is 0 Å². The zero-order chi connectivity index (χ0) is 10.1. The first-order valence-electron chi connectivity index (χ1n) is 4.47. The molecule has 0 bridgehead atoms. The van der Waals surface area contributed by atoms with Crippen LogP contribution in [0.4, 0.5) is 0 Å². The Hall–Kier alpha value is -1.12. The Morgan fingerprint density at radius 2 is 2.21 bits per heavy atom. The number of nitrogens with zero attached hydrogens (tertiary/aromatic N) is 1. The molecule has 0 saturated heterocycles. The van der Waals surface area contributed by atoms with Gasteiger partial charge in [-0.15, -0.1) is 0 Å². The molecule has 1 aromatic carbocycles. The summed E-state index contributed by atoms with van der Waals surface area (Å²) in [6.07, 6.45) is 0. The summed E-state index contributed by atoms with van der Waals surface area (Å²) in [7, 11) is 0. The van der Waals surface area contributed by atoms with Gasteiger partial charge in [-0.05, 0) is 24.6 Å². The van der Waals surface area contributed by atoms with Crippen molar-refractivity contribution >= 4 is 22.5 Å². The molecule has 0 aliphatic carbocycles. The van der Waals surface area contributed by atoms with Crippen molar-refractivity contribution < 1.29 is 0 Å². The van der Waals surface area contributed by atoms with Crippen LogP contribution in [0.5, 0.6) is 0 Å². The average molecular weight is 207 g/mol. The number of nitrogens with two attached hydrogens (primary N) is 1. The normalized spacial score (nSPS) is 10.8. The number of rotatable bonds is 1. The second-order valence-corrected chi connectivity index (χ2v) is 3.68. The Morgan fingerprint density at radius 3 is 2.93 bits per heavy atom. The number of hydrogen-bond donors (Lipinski definition) is 1. The van der Waals surface area contributed by atoms with Gasteiger partial charge in [0, 0.05) is 11.9 Å². The lowest BCUT2D eigenvalue weighted by molar-refractivity contribution is 1.00. The van der Waals surface area contributed by atoms with Gasteiger partial charge in [-0.3, -0.25) is 0 Å². The highest BCUT2D eigenvalue weighted by Gasteiger charge is 2.04. The van der Waals surface area contributed by atoms with Crippen molar-refractivity contribution in [1.82, 2.24) is 4.98 Å². The van der Waals surface area contributed by atoms with Gasteiger partial charge >= 0.3 is 0 Å². The van der Waals surface area contributed by atoms with E-state index in [1.807, 2.05) is 31.2 Å². The summed E-state index contributed by atoms with van der Waals surface area (Å²) in [5.41, 5.74) is 8.44. The number of halogens is 1. The van der Waals surface area contributed by atoms with E-state index in [9.17, 15) is 0 Å². The van der Waals surface area contributed by atoms with Gasteiger partial charge in [0.05, 0.1) is 16.2 Å². The van der Waals surface area contributed by atoms with Gasteiger partial charge < -0.3 is 5.73 Å². The van der Waals surface area contributed by atoms with Crippen molar-refractivity contribution in [2.24, 2.45) is 5.73 Å². The molecule has 2 aromatic rings. The molecule has 0 atom stereocenters. The van der Waals surface area contributed by atoms with Crippen LogP contribution in [0, 0.1) is 6.92 Å². The molecule has 0 aliphatic heterocycles. The van der Waals surface area contributed by atoms with Crippen LogP contribution in [-0.2, 0) is 6.54 Å². The third-order valence-electron chi connectivity index (χ3n) is 2.26. The summed E-state index contributed by atoms with van der Waals surface area (Å²) < 4.78 is 0. The quantitative estimate of drug-likeness (QED) is 0.779. The molecule has 1 aromatic heterocycles. The van der Waals surface area contributed by atoms with Crippen molar-refractivity contribution in [2.75, 3.05) is 0 Å². The van der Waals surface area contributed by atoms with E-state index in [0.29, 0.717) is 11.6 Å². The molecule has 0 spiro atoms. The van der Waals surface area contributed by atoms with Gasteiger partial charge in [-0.25, -0.2) is 4.98 Å². The van der Waals surface area contributed by atoms with Crippen molar-refractivity contribution in [3.05, 3.63) is 40.5 Å². The standard InChI is InChI=1S/C11H11ClN2/c1-7-5-8(6-13)14-11-9(7)3-2-4-10(11)12/h2-5H,6,13H2,1H3. The first-order chi connectivity index (χ1) is 6.72. The molecule has 0 saturated carbocycles. The summed E-state index contributed by atoms with van der Waals surface area (Å²) >= 11 is 6.05. The number of aromatic nitrogens is 1. The number of aryl methyl sites for hydroxylation is 1. The lowest BCUT2D eigenvalue weighted by Gasteiger charge is -2.05. The fourth-order valence-corrected chi connectivity index (χ4v) is 1.77. The lowest BCUT2D eigenvalue weighted by atomic mass is 10.1. The van der Waals surface area contributed by atoms with Crippen molar-refractivity contribution in [3.63, 3.8) is 0 Å². The number of fused-ring (bicyclic) bond motifs is 1. The third-order valence-corrected chi connectivity index (χ3v) is 2.56. The highest BCUT2D eigenvalue weighted by Crippen LogP contribution is 2.24. The highest BCUT2D eigenvalue weighted by atomic mass is 35.5. The molecule has 0 radical (unpaired) electrons. The molecular weight excluding hydrogens is 196 g/mol. The summed E-state index contributed by atoms with van der Waals surface area (Å²) in [4.78, 5) is 4.40. The van der Waals surface area contributed by atoms with Crippen LogP contribution in [0.25, 0.3) is 10.9 Å². The number of pyridine rings is 1. The van der Waals surface area contributed by atoms with Crippen LogP contribution >= 0.6 is 11.6 Å². The van der Waals surface area contributed by atoms with E-state index >= 15 is 0 Å².